The van der Waals surface area contributed by atoms with Crippen LogP contribution in [0.3, 0.4) is 0 Å². The van der Waals surface area contributed by atoms with Crippen LogP contribution in [0.2, 0.25) is 5.02 Å². The monoisotopic (exact) mass is 600 g/mol. The van der Waals surface area contributed by atoms with Crippen LogP contribution in [0.15, 0.2) is 12.1 Å². The molecule has 0 amide bonds. The number of benzene rings is 1. The van der Waals surface area contributed by atoms with Gasteiger partial charge in [-0.05, 0) is 31.5 Å². The molecule has 0 bridgehead atoms. The van der Waals surface area contributed by atoms with Crippen LogP contribution in [0.4, 0.5) is 33.5 Å². The molecule has 41 heavy (non-hydrogen) atoms. The smallest absolute Gasteiger partial charge is 0.418 e. The number of likely N-dealkylation sites (N-methyl/N-ethyl adjacent to an activating group) is 1. The Balaban J connectivity index is 1.53. The van der Waals surface area contributed by atoms with Gasteiger partial charge in [-0.3, -0.25) is 4.90 Å². The number of aromatic nitrogens is 3. The third-order valence-corrected chi connectivity index (χ3v) is 8.40. The number of nitrogen functional groups attached to an aromatic ring is 1. The zero-order valence-electron chi connectivity index (χ0n) is 21.8. The highest BCUT2D eigenvalue weighted by atomic mass is 35.5. The summed E-state index contributed by atoms with van der Waals surface area (Å²) in [6.45, 7) is 0.552. The molecule has 15 heteroatoms. The van der Waals surface area contributed by atoms with E-state index in [-0.39, 0.29) is 55.0 Å². The number of ether oxygens (including phenoxy) is 2. The maximum Gasteiger partial charge on any atom is 0.418 e. The van der Waals surface area contributed by atoms with E-state index in [1.165, 1.54) is 0 Å². The van der Waals surface area contributed by atoms with E-state index in [0.29, 0.717) is 13.0 Å². The van der Waals surface area contributed by atoms with Gasteiger partial charge in [-0.15, -0.1) is 0 Å². The summed E-state index contributed by atoms with van der Waals surface area (Å²) in [5.41, 5.74) is 1.95. The highest BCUT2D eigenvalue weighted by molar-refractivity contribution is 6.32. The molecule has 3 aliphatic rings. The molecule has 0 saturated carbocycles. The quantitative estimate of drug-likeness (QED) is 0.328. The fraction of sp³-hybridized carbons (Fsp3) is 0.500. The second-order valence-corrected chi connectivity index (χ2v) is 11.1. The van der Waals surface area contributed by atoms with Gasteiger partial charge in [0.1, 0.15) is 41.8 Å². The Kier molecular flexibility index (Phi) is 6.77. The SMILES string of the molecule is CN1c2nc(OC[C@@]34CCCN3C[C@H](F)C4)nc3c(F)c(-c4cc(N)cc(Cl)c4C(F)(F)F)nc(c23)OCC1CO. The number of nitrogens with zero attached hydrogens (tertiary/aromatic N) is 5. The van der Waals surface area contributed by atoms with Gasteiger partial charge in [0.05, 0.1) is 28.8 Å². The van der Waals surface area contributed by atoms with Crippen LogP contribution in [0.5, 0.6) is 11.9 Å². The summed E-state index contributed by atoms with van der Waals surface area (Å²) >= 11 is 5.92. The maximum absolute atomic E-state index is 16.3. The van der Waals surface area contributed by atoms with E-state index in [2.05, 4.69) is 15.0 Å². The number of aliphatic hydroxyl groups is 1. The molecule has 6 rings (SSSR count). The van der Waals surface area contributed by atoms with Gasteiger partial charge in [0.2, 0.25) is 5.88 Å². The van der Waals surface area contributed by atoms with Crippen LogP contribution in [-0.2, 0) is 6.18 Å². The lowest BCUT2D eigenvalue weighted by molar-refractivity contribution is -0.137. The second kappa shape index (κ2) is 9.95. The molecule has 0 aliphatic carbocycles. The molecule has 2 aromatic heterocycles. The molecule has 3 aliphatic heterocycles. The average Bonchev–Trinajstić information content (AvgIpc) is 3.38. The van der Waals surface area contributed by atoms with E-state index >= 15 is 4.39 Å². The lowest BCUT2D eigenvalue weighted by Gasteiger charge is -2.31. The number of halogens is 6. The maximum atomic E-state index is 16.3. The van der Waals surface area contributed by atoms with Gasteiger partial charge in [0.25, 0.3) is 0 Å². The van der Waals surface area contributed by atoms with Crippen molar-refractivity contribution in [2.45, 2.75) is 43.2 Å². The highest BCUT2D eigenvalue weighted by Crippen LogP contribution is 2.46. The molecule has 3 atom stereocenters. The lowest BCUT2D eigenvalue weighted by Crippen LogP contribution is -2.43. The van der Waals surface area contributed by atoms with Crippen LogP contribution in [0.1, 0.15) is 24.8 Å². The van der Waals surface area contributed by atoms with Crippen molar-refractivity contribution in [3.05, 3.63) is 28.5 Å². The van der Waals surface area contributed by atoms with E-state index in [0.717, 1.165) is 25.1 Å². The number of anilines is 2. The minimum Gasteiger partial charge on any atom is -0.475 e. The average molecular weight is 601 g/mol. The van der Waals surface area contributed by atoms with Crippen LogP contribution in [0, 0.1) is 5.82 Å². The van der Waals surface area contributed by atoms with Crippen molar-refractivity contribution in [1.29, 1.82) is 0 Å². The normalized spacial score (nSPS) is 24.4. The number of hydrogen-bond donors (Lipinski definition) is 2. The van der Waals surface area contributed by atoms with E-state index in [1.807, 2.05) is 4.90 Å². The van der Waals surface area contributed by atoms with E-state index in [9.17, 15) is 22.7 Å². The fourth-order valence-electron chi connectivity index (χ4n) is 6.09. The Morgan fingerprint density at radius 1 is 1.27 bits per heavy atom. The molecule has 0 radical (unpaired) electrons. The molecule has 1 unspecified atom stereocenters. The van der Waals surface area contributed by atoms with Crippen molar-refractivity contribution in [2.75, 3.05) is 50.6 Å². The van der Waals surface area contributed by atoms with Crippen molar-refractivity contribution in [3.63, 3.8) is 0 Å². The van der Waals surface area contributed by atoms with Crippen LogP contribution in [-0.4, -0.2) is 82.7 Å². The van der Waals surface area contributed by atoms with Gasteiger partial charge in [-0.2, -0.15) is 23.1 Å². The molecule has 220 valence electrons. The summed E-state index contributed by atoms with van der Waals surface area (Å²) in [5.74, 6) is -1.33. The number of alkyl halides is 4. The summed E-state index contributed by atoms with van der Waals surface area (Å²) in [5, 5.41) is 9.22. The van der Waals surface area contributed by atoms with E-state index < -0.39 is 57.1 Å². The number of nitrogens with two attached hydrogens (primary N) is 1. The molecule has 3 N–H and O–H groups in total. The predicted molar refractivity (Wildman–Crippen MR) is 140 cm³/mol. The van der Waals surface area contributed by atoms with E-state index in [4.69, 9.17) is 26.8 Å². The van der Waals surface area contributed by atoms with Gasteiger partial charge in [0.15, 0.2) is 5.82 Å². The van der Waals surface area contributed by atoms with Crippen molar-refractivity contribution in [3.8, 4) is 23.1 Å². The number of hydrogen-bond acceptors (Lipinski definition) is 9. The number of fused-ring (bicyclic) bond motifs is 1. The Labute approximate surface area is 236 Å². The summed E-state index contributed by atoms with van der Waals surface area (Å²) in [6.07, 6.45) is -4.12. The summed E-state index contributed by atoms with van der Waals surface area (Å²) in [6, 6.07) is 0.937. The largest absolute Gasteiger partial charge is 0.475 e. The molecule has 0 spiro atoms. The first-order valence-electron chi connectivity index (χ1n) is 13.0. The van der Waals surface area contributed by atoms with Gasteiger partial charge in [0, 0.05) is 31.3 Å². The zero-order valence-corrected chi connectivity index (χ0v) is 22.6. The van der Waals surface area contributed by atoms with Crippen LogP contribution in [0.25, 0.3) is 22.2 Å². The highest BCUT2D eigenvalue weighted by Gasteiger charge is 2.49. The lowest BCUT2D eigenvalue weighted by atomic mass is 9.95. The van der Waals surface area contributed by atoms with Gasteiger partial charge >= 0.3 is 12.2 Å². The van der Waals surface area contributed by atoms with E-state index in [1.54, 1.807) is 11.9 Å². The molecule has 1 aromatic carbocycles. The Morgan fingerprint density at radius 2 is 2.05 bits per heavy atom. The molecular weight excluding hydrogens is 575 g/mol. The van der Waals surface area contributed by atoms with Crippen molar-refractivity contribution < 1.29 is 36.5 Å². The first-order valence-corrected chi connectivity index (χ1v) is 13.4. The first kappa shape index (κ1) is 27.9. The molecule has 2 saturated heterocycles. The molecule has 5 heterocycles. The zero-order chi connectivity index (χ0) is 29.3. The minimum absolute atomic E-state index is 0.00838. The molecular formula is C26H26ClF5N6O3. The molecule has 9 nitrogen and oxygen atoms in total. The Hall–Kier alpha value is -3.23. The minimum atomic E-state index is -4.96. The van der Waals surface area contributed by atoms with Gasteiger partial charge in [-0.25, -0.2) is 13.8 Å². The Morgan fingerprint density at radius 3 is 2.78 bits per heavy atom. The van der Waals surface area contributed by atoms with Gasteiger partial charge < -0.3 is 25.2 Å². The van der Waals surface area contributed by atoms with Crippen molar-refractivity contribution in [2.24, 2.45) is 0 Å². The fourth-order valence-corrected chi connectivity index (χ4v) is 6.43. The van der Waals surface area contributed by atoms with Crippen LogP contribution < -0.4 is 20.1 Å². The summed E-state index contributed by atoms with van der Waals surface area (Å²) < 4.78 is 84.5. The second-order valence-electron chi connectivity index (χ2n) is 10.7. The Bertz CT molecular complexity index is 1530. The van der Waals surface area contributed by atoms with Crippen molar-refractivity contribution >= 4 is 34.0 Å². The summed E-state index contributed by atoms with van der Waals surface area (Å²) in [4.78, 5) is 16.4. The number of aliphatic hydroxyl groups excluding tert-OH is 1. The predicted octanol–water partition coefficient (Wildman–Crippen LogP) is 4.23. The van der Waals surface area contributed by atoms with Crippen molar-refractivity contribution in [1.82, 2.24) is 19.9 Å². The van der Waals surface area contributed by atoms with Gasteiger partial charge in [-0.1, -0.05) is 11.6 Å². The summed E-state index contributed by atoms with van der Waals surface area (Å²) in [7, 11) is 1.60. The topological polar surface area (TPSA) is 110 Å². The standard InChI is InChI=1S/C26H26ClF5N6O3/c1-37-14(9-39)10-40-23-17-21(19(29)20(34-23)15-5-13(33)6-16(27)18(15)26(30,31)32)35-24(36-22(17)37)41-11-25-3-2-4-38(25)8-12(28)7-25/h5-6,12,14,39H,2-4,7-11,33H2,1H3/t12-,14?,25+/m1/s1. The molecule has 2 fully saturated rings. The number of rotatable bonds is 5. The van der Waals surface area contributed by atoms with Crippen LogP contribution >= 0.6 is 11.6 Å². The number of pyridine rings is 1. The third-order valence-electron chi connectivity index (χ3n) is 8.10. The molecule has 3 aromatic rings. The third kappa shape index (κ3) is 4.65. The first-order chi connectivity index (χ1) is 19.4.